The minimum Gasteiger partial charge on any atom is -0.478 e. The van der Waals surface area contributed by atoms with Gasteiger partial charge in [0.1, 0.15) is 0 Å². The molecule has 0 aromatic heterocycles. The highest BCUT2D eigenvalue weighted by Gasteiger charge is 2.40. The molecule has 3 rings (SSSR count). The Kier molecular flexibility index (Phi) is 8.03. The Morgan fingerprint density at radius 3 is 2.34 bits per heavy atom. The first-order valence-electron chi connectivity index (χ1n) is 11.1. The maximum absolute atomic E-state index is 12.9. The first kappa shape index (κ1) is 25.6. The fraction of sp³-hybridized carbons (Fsp3) is 0.308. The lowest BCUT2D eigenvalue weighted by Gasteiger charge is -2.38. The maximum Gasteiger partial charge on any atom is 0.336 e. The van der Waals surface area contributed by atoms with Gasteiger partial charge in [-0.2, -0.15) is 0 Å². The summed E-state index contributed by atoms with van der Waals surface area (Å²) >= 11 is 0. The Balaban J connectivity index is 2.01. The van der Waals surface area contributed by atoms with Crippen LogP contribution in [0.25, 0.3) is 0 Å². The van der Waals surface area contributed by atoms with Crippen LogP contribution in [0.3, 0.4) is 0 Å². The number of carbonyl (C=O) groups excluding carboxylic acids is 1. The fourth-order valence-electron chi connectivity index (χ4n) is 4.49. The van der Waals surface area contributed by atoms with Gasteiger partial charge in [0.15, 0.2) is 0 Å². The summed E-state index contributed by atoms with van der Waals surface area (Å²) in [6.07, 6.45) is 0. The molecule has 0 bridgehead atoms. The van der Waals surface area contributed by atoms with Crippen LogP contribution in [0.5, 0.6) is 0 Å². The van der Waals surface area contributed by atoms with Crippen molar-refractivity contribution in [3.05, 3.63) is 98.4 Å². The molecule has 2 aromatic carbocycles. The summed E-state index contributed by atoms with van der Waals surface area (Å²) in [5.74, 6) is -2.87. The molecule has 1 atom stereocenters. The van der Waals surface area contributed by atoms with E-state index < -0.39 is 22.8 Å². The zero-order chi connectivity index (χ0) is 25.7. The number of carboxylic acid groups (broad SMARTS) is 1. The number of methoxy groups -OCH3 is 1. The van der Waals surface area contributed by atoms with Crippen LogP contribution in [0.15, 0.2) is 77.1 Å². The zero-order valence-electron chi connectivity index (χ0n) is 20.2. The van der Waals surface area contributed by atoms with Crippen molar-refractivity contribution in [2.45, 2.75) is 26.3 Å². The average Bonchev–Trinajstić information content (AvgIpc) is 2.83. The van der Waals surface area contributed by atoms with E-state index in [9.17, 15) is 24.8 Å². The normalized spacial score (nSPS) is 16.0. The second-order valence-electron chi connectivity index (χ2n) is 8.46. The van der Waals surface area contributed by atoms with Gasteiger partial charge in [0.05, 0.1) is 29.1 Å². The van der Waals surface area contributed by atoms with Crippen molar-refractivity contribution in [2.75, 3.05) is 27.2 Å². The maximum atomic E-state index is 12.9. The van der Waals surface area contributed by atoms with Gasteiger partial charge >= 0.3 is 11.9 Å². The number of likely N-dealkylation sites (N-methyl/N-ethyl adjacent to an activating group) is 1. The summed E-state index contributed by atoms with van der Waals surface area (Å²) < 4.78 is 5.02. The number of aliphatic carboxylic acids is 1. The molecule has 0 saturated heterocycles. The molecule has 9 nitrogen and oxygen atoms in total. The molecule has 0 amide bonds. The number of benzene rings is 2. The molecule has 184 valence electrons. The lowest BCUT2D eigenvalue weighted by Crippen LogP contribution is -2.38. The number of hydrogen-bond donors (Lipinski definition) is 1. The van der Waals surface area contributed by atoms with Crippen molar-refractivity contribution in [1.29, 1.82) is 0 Å². The third-order valence-electron chi connectivity index (χ3n) is 6.22. The summed E-state index contributed by atoms with van der Waals surface area (Å²) in [5.41, 5.74) is 2.49. The van der Waals surface area contributed by atoms with Gasteiger partial charge in [-0.15, -0.1) is 0 Å². The van der Waals surface area contributed by atoms with Gasteiger partial charge < -0.3 is 19.6 Å². The Morgan fingerprint density at radius 2 is 1.74 bits per heavy atom. The number of carbonyl (C=O) groups is 2. The molecular formula is C26H29N3O6. The molecule has 0 radical (unpaired) electrons. The molecule has 2 aromatic rings. The van der Waals surface area contributed by atoms with Gasteiger partial charge in [-0.1, -0.05) is 42.5 Å². The Morgan fingerprint density at radius 1 is 1.09 bits per heavy atom. The number of nitro benzene ring substituents is 1. The number of hydrogen-bond acceptors (Lipinski definition) is 7. The first-order chi connectivity index (χ1) is 16.6. The van der Waals surface area contributed by atoms with Crippen molar-refractivity contribution >= 4 is 17.6 Å². The predicted octanol–water partition coefficient (Wildman–Crippen LogP) is 3.93. The molecule has 1 N–H and O–H groups in total. The van der Waals surface area contributed by atoms with E-state index in [1.54, 1.807) is 19.9 Å². The number of carboxylic acids is 1. The molecular weight excluding hydrogens is 450 g/mol. The Hall–Kier alpha value is -3.98. The number of esters is 1. The van der Waals surface area contributed by atoms with Crippen molar-refractivity contribution in [3.8, 4) is 0 Å². The van der Waals surface area contributed by atoms with E-state index in [0.29, 0.717) is 36.6 Å². The van der Waals surface area contributed by atoms with Gasteiger partial charge in [0.25, 0.3) is 5.69 Å². The van der Waals surface area contributed by atoms with Gasteiger partial charge in [-0.25, -0.2) is 9.59 Å². The van der Waals surface area contributed by atoms with Crippen molar-refractivity contribution < 1.29 is 24.4 Å². The van der Waals surface area contributed by atoms with Gasteiger partial charge in [-0.3, -0.25) is 10.1 Å². The number of nitrogens with zero attached hydrogens (tertiary/aromatic N) is 3. The summed E-state index contributed by atoms with van der Waals surface area (Å²) in [4.78, 5) is 40.1. The second-order valence-corrected chi connectivity index (χ2v) is 8.46. The van der Waals surface area contributed by atoms with Crippen LogP contribution in [0, 0.1) is 10.1 Å². The SMILES string of the molecule is COC(=O)C1=C(C)N(CCN(C)Cc2ccccc2)C(C)=C(C(=O)O)C1c1cccc([N+](=O)[O-])c1. The quantitative estimate of drug-likeness (QED) is 0.327. The summed E-state index contributed by atoms with van der Waals surface area (Å²) in [5, 5.41) is 21.5. The van der Waals surface area contributed by atoms with Crippen molar-refractivity contribution in [2.24, 2.45) is 0 Å². The van der Waals surface area contributed by atoms with E-state index in [4.69, 9.17) is 4.74 Å². The number of ether oxygens (including phenoxy) is 1. The number of nitro groups is 1. The molecule has 0 saturated carbocycles. The highest BCUT2D eigenvalue weighted by molar-refractivity contribution is 5.99. The smallest absolute Gasteiger partial charge is 0.336 e. The second kappa shape index (κ2) is 11.0. The van der Waals surface area contributed by atoms with Crippen LogP contribution in [0.2, 0.25) is 0 Å². The van der Waals surface area contributed by atoms with Crippen molar-refractivity contribution in [3.63, 3.8) is 0 Å². The minimum absolute atomic E-state index is 0.0118. The molecule has 1 unspecified atom stereocenters. The zero-order valence-corrected chi connectivity index (χ0v) is 20.2. The van der Waals surface area contributed by atoms with Crippen molar-refractivity contribution in [1.82, 2.24) is 9.80 Å². The minimum atomic E-state index is -1.20. The van der Waals surface area contributed by atoms with Crippen LogP contribution in [-0.2, 0) is 20.9 Å². The van der Waals surface area contributed by atoms with Crippen LogP contribution in [0.1, 0.15) is 30.9 Å². The van der Waals surface area contributed by atoms with Crippen LogP contribution < -0.4 is 0 Å². The van der Waals surface area contributed by atoms with E-state index in [1.807, 2.05) is 42.3 Å². The van der Waals surface area contributed by atoms with E-state index in [0.717, 1.165) is 5.56 Å². The van der Waals surface area contributed by atoms with Crippen LogP contribution >= 0.6 is 0 Å². The molecule has 1 aliphatic rings. The molecule has 0 aliphatic carbocycles. The summed E-state index contributed by atoms with van der Waals surface area (Å²) in [6, 6.07) is 15.7. The van der Waals surface area contributed by atoms with E-state index in [-0.39, 0.29) is 16.8 Å². The van der Waals surface area contributed by atoms with Gasteiger partial charge in [-0.05, 0) is 32.0 Å². The van der Waals surface area contributed by atoms with Gasteiger partial charge in [0, 0.05) is 43.2 Å². The Bertz CT molecular complexity index is 1190. The molecule has 1 heterocycles. The van der Waals surface area contributed by atoms with Crippen LogP contribution in [0.4, 0.5) is 5.69 Å². The summed E-state index contributed by atoms with van der Waals surface area (Å²) in [7, 11) is 3.21. The Labute approximate surface area is 204 Å². The highest BCUT2D eigenvalue weighted by atomic mass is 16.6. The number of non-ortho nitro benzene ring substituents is 1. The highest BCUT2D eigenvalue weighted by Crippen LogP contribution is 2.43. The third kappa shape index (κ3) is 5.58. The number of rotatable bonds is 9. The van der Waals surface area contributed by atoms with E-state index in [2.05, 4.69) is 4.90 Å². The van der Waals surface area contributed by atoms with E-state index >= 15 is 0 Å². The average molecular weight is 480 g/mol. The molecule has 35 heavy (non-hydrogen) atoms. The monoisotopic (exact) mass is 479 g/mol. The number of allylic oxidation sites excluding steroid dienone is 2. The largest absolute Gasteiger partial charge is 0.478 e. The van der Waals surface area contributed by atoms with E-state index in [1.165, 1.54) is 25.3 Å². The molecule has 9 heteroatoms. The lowest BCUT2D eigenvalue weighted by atomic mass is 9.79. The molecule has 0 fully saturated rings. The first-order valence-corrected chi connectivity index (χ1v) is 11.1. The van der Waals surface area contributed by atoms with Gasteiger partial charge in [0.2, 0.25) is 0 Å². The summed E-state index contributed by atoms with van der Waals surface area (Å²) in [6.45, 7) is 5.21. The fourth-order valence-corrected chi connectivity index (χ4v) is 4.49. The third-order valence-corrected chi connectivity index (χ3v) is 6.22. The standard InChI is InChI=1S/C26H29N3O6/c1-17-22(25(30)31)24(20-11-8-12-21(15-20)29(33)34)23(26(32)35-4)18(2)28(17)14-13-27(3)16-19-9-6-5-7-10-19/h5-12,15,24H,13-14,16H2,1-4H3,(H,30,31). The lowest BCUT2D eigenvalue weighted by molar-refractivity contribution is -0.384. The van der Waals surface area contributed by atoms with Crippen LogP contribution in [-0.4, -0.2) is 59.0 Å². The molecule has 0 spiro atoms. The topological polar surface area (TPSA) is 113 Å². The molecule has 1 aliphatic heterocycles. The predicted molar refractivity (Wildman–Crippen MR) is 130 cm³/mol.